The van der Waals surface area contributed by atoms with E-state index in [0.29, 0.717) is 0 Å². The van der Waals surface area contributed by atoms with E-state index in [1.165, 1.54) is 121 Å². The van der Waals surface area contributed by atoms with E-state index >= 15 is 0 Å². The Bertz CT molecular complexity index is 4980. The molecule has 0 bridgehead atoms. The van der Waals surface area contributed by atoms with E-state index in [1.807, 2.05) is 0 Å². The predicted octanol–water partition coefficient (Wildman–Crippen LogP) is 23.6. The highest BCUT2D eigenvalue weighted by Gasteiger charge is 2.47. The van der Waals surface area contributed by atoms with Crippen LogP contribution < -0.4 is 9.80 Å². The molecule has 2 heteroatoms. The van der Waals surface area contributed by atoms with Crippen LogP contribution in [0.2, 0.25) is 0 Å². The molecule has 0 aliphatic heterocycles. The Hall–Kier alpha value is -11.8. The fourth-order valence-corrected chi connectivity index (χ4v) is 16.0. The zero-order valence-electron chi connectivity index (χ0n) is 50.5. The highest BCUT2D eigenvalue weighted by atomic mass is 15.1. The summed E-state index contributed by atoms with van der Waals surface area (Å²) in [6, 6.07) is 135. The summed E-state index contributed by atoms with van der Waals surface area (Å²) in [5.41, 5.74) is 25.5. The first-order chi connectivity index (χ1) is 45.6. The topological polar surface area (TPSA) is 6.48 Å². The highest BCUT2D eigenvalue weighted by molar-refractivity contribution is 6.28. The Kier molecular flexibility index (Phi) is 12.4. The molecule has 0 atom stereocenters. The smallest absolute Gasteiger partial charge is 0.0713 e. The van der Waals surface area contributed by atoms with Crippen molar-refractivity contribution >= 4 is 66.4 Å². The summed E-state index contributed by atoms with van der Waals surface area (Å²) in [5.74, 6) is 0. The number of anilines is 6. The Labute approximate surface area is 536 Å². The monoisotopic (exact) mass is 1170 g/mol. The fraction of sp³-hybridized carbons (Fsp3) is 0.0222. The van der Waals surface area contributed by atoms with Gasteiger partial charge in [-0.3, -0.25) is 0 Å². The largest absolute Gasteiger partial charge is 0.310 e. The van der Waals surface area contributed by atoms with Crippen molar-refractivity contribution in [2.45, 2.75) is 10.8 Å². The van der Waals surface area contributed by atoms with Crippen molar-refractivity contribution in [1.82, 2.24) is 0 Å². The fourth-order valence-electron chi connectivity index (χ4n) is 16.0. The second kappa shape index (κ2) is 21.4. The second-order valence-electron chi connectivity index (χ2n) is 24.6. The maximum Gasteiger partial charge on any atom is 0.0713 e. The lowest BCUT2D eigenvalue weighted by molar-refractivity contribution is 0.768. The molecule has 0 unspecified atom stereocenters. The first-order valence-electron chi connectivity index (χ1n) is 32.0. The van der Waals surface area contributed by atoms with E-state index in [0.717, 1.165) is 34.1 Å². The third-order valence-electron chi connectivity index (χ3n) is 20.0. The molecule has 16 aromatic rings. The van der Waals surface area contributed by atoms with E-state index in [1.54, 1.807) is 0 Å². The summed E-state index contributed by atoms with van der Waals surface area (Å²) < 4.78 is 0. The third kappa shape index (κ3) is 8.07. The molecule has 0 aromatic heterocycles. The average Bonchev–Trinajstić information content (AvgIpc) is 1.46. The predicted molar refractivity (Wildman–Crippen MR) is 385 cm³/mol. The Morgan fingerprint density at radius 3 is 0.761 bits per heavy atom. The van der Waals surface area contributed by atoms with E-state index in [4.69, 9.17) is 0 Å². The van der Waals surface area contributed by atoms with Crippen molar-refractivity contribution in [3.05, 3.63) is 408 Å². The summed E-state index contributed by atoms with van der Waals surface area (Å²) in [6.45, 7) is 0. The zero-order valence-corrected chi connectivity index (χ0v) is 50.5. The number of hydrogen-bond acceptors (Lipinski definition) is 2. The molecule has 0 spiro atoms. The molecular formula is C90H60N2. The summed E-state index contributed by atoms with van der Waals surface area (Å²) in [5, 5.41) is 7.23. The van der Waals surface area contributed by atoms with Gasteiger partial charge < -0.3 is 9.80 Å². The van der Waals surface area contributed by atoms with Gasteiger partial charge in [-0.2, -0.15) is 0 Å². The number of nitrogens with zero attached hydrogens (tertiary/aromatic N) is 2. The van der Waals surface area contributed by atoms with E-state index in [9.17, 15) is 0 Å². The maximum absolute atomic E-state index is 2.47. The van der Waals surface area contributed by atoms with Gasteiger partial charge in [-0.25, -0.2) is 0 Å². The van der Waals surface area contributed by atoms with Crippen LogP contribution in [0.3, 0.4) is 0 Å². The normalized spacial score (nSPS) is 13.2. The minimum Gasteiger partial charge on any atom is -0.310 e. The van der Waals surface area contributed by atoms with Crippen molar-refractivity contribution in [2.24, 2.45) is 0 Å². The minimum atomic E-state index is -0.515. The lowest BCUT2D eigenvalue weighted by Gasteiger charge is -2.35. The second-order valence-corrected chi connectivity index (χ2v) is 24.6. The van der Waals surface area contributed by atoms with Crippen LogP contribution in [0.15, 0.2) is 364 Å². The molecule has 2 aliphatic carbocycles. The quantitative estimate of drug-likeness (QED) is 0.113. The molecule has 0 amide bonds. The molecule has 2 nitrogen and oxygen atoms in total. The van der Waals surface area contributed by atoms with Crippen LogP contribution in [-0.2, 0) is 10.8 Å². The van der Waals surface area contributed by atoms with Crippen molar-refractivity contribution in [3.8, 4) is 44.5 Å². The van der Waals surface area contributed by atoms with Gasteiger partial charge in [0.05, 0.1) is 22.2 Å². The van der Waals surface area contributed by atoms with E-state index in [-0.39, 0.29) is 0 Å². The SMILES string of the molecule is c1ccc(-c2ccc(N(c3ccc(C4(c5ccccc5)c5ccccc5-c5ccccc54)cc3)c3ccc4ccc5c(N(c6ccc(-c7ccccc7)cc6)c6ccc(C7(c8ccccc8)c8ccccc8-c8ccccc87)cc6)ccc6ccc3c4c65)cc2)cc1. The molecule has 0 saturated carbocycles. The molecule has 18 rings (SSSR count). The molecule has 92 heavy (non-hydrogen) atoms. The van der Waals surface area contributed by atoms with Gasteiger partial charge in [0.2, 0.25) is 0 Å². The van der Waals surface area contributed by atoms with Crippen LogP contribution in [0.1, 0.15) is 44.5 Å². The molecule has 0 radical (unpaired) electrons. The number of benzene rings is 16. The number of hydrogen-bond donors (Lipinski definition) is 0. The Morgan fingerprint density at radius 2 is 0.435 bits per heavy atom. The lowest BCUT2D eigenvalue weighted by atomic mass is 9.68. The third-order valence-corrected chi connectivity index (χ3v) is 20.0. The maximum atomic E-state index is 2.47. The Balaban J connectivity index is 0.815. The van der Waals surface area contributed by atoms with Crippen LogP contribution in [0.25, 0.3) is 76.8 Å². The summed E-state index contributed by atoms with van der Waals surface area (Å²) >= 11 is 0. The van der Waals surface area contributed by atoms with Gasteiger partial charge in [0.15, 0.2) is 0 Å². The van der Waals surface area contributed by atoms with Gasteiger partial charge in [0.25, 0.3) is 0 Å². The van der Waals surface area contributed by atoms with Crippen LogP contribution in [0.5, 0.6) is 0 Å². The first-order valence-corrected chi connectivity index (χ1v) is 32.0. The summed E-state index contributed by atoms with van der Waals surface area (Å²) in [6.07, 6.45) is 0. The van der Waals surface area contributed by atoms with Crippen molar-refractivity contribution in [1.29, 1.82) is 0 Å². The molecule has 0 fully saturated rings. The van der Waals surface area contributed by atoms with Crippen LogP contribution in [-0.4, -0.2) is 0 Å². The van der Waals surface area contributed by atoms with E-state index in [2.05, 4.69) is 374 Å². The first kappa shape index (κ1) is 53.2. The molecule has 430 valence electrons. The van der Waals surface area contributed by atoms with Crippen LogP contribution >= 0.6 is 0 Å². The molecular weight excluding hydrogens is 1110 g/mol. The van der Waals surface area contributed by atoms with Crippen molar-refractivity contribution < 1.29 is 0 Å². The standard InChI is InChI=1S/C90H60N2/c1-5-21-61(22-6-1)63-37-49-71(50-38-63)91(73-53-45-69(46-54-73)89(67-25-9-3-10-26-67)81-33-17-13-29-75(81)76-30-14-18-34-82(76)89)85-59-43-65-42-58-80-86(60-44-66-41-57-79(85)87(65)88(66)80)92(72-51-39-64(40-52-72)62-23-7-2-8-24-62)74-55-47-70(48-56-74)90(68-27-11-4-12-28-68)83-35-19-15-31-77(83)78-32-16-20-36-84(78)90/h1-60H. The van der Waals surface area contributed by atoms with Gasteiger partial charge in [-0.15, -0.1) is 0 Å². The lowest BCUT2D eigenvalue weighted by Crippen LogP contribution is -2.28. The van der Waals surface area contributed by atoms with Gasteiger partial charge >= 0.3 is 0 Å². The Morgan fingerprint density at radius 1 is 0.185 bits per heavy atom. The molecule has 16 aromatic carbocycles. The zero-order chi connectivity index (χ0) is 60.7. The van der Waals surface area contributed by atoms with Crippen molar-refractivity contribution in [3.63, 3.8) is 0 Å². The molecule has 0 N–H and O–H groups in total. The van der Waals surface area contributed by atoms with Crippen molar-refractivity contribution in [2.75, 3.05) is 9.80 Å². The van der Waals surface area contributed by atoms with Gasteiger partial charge in [0.1, 0.15) is 0 Å². The van der Waals surface area contributed by atoms with E-state index < -0.39 is 10.8 Å². The average molecular weight is 1170 g/mol. The summed E-state index contributed by atoms with van der Waals surface area (Å²) in [4.78, 5) is 4.95. The number of fused-ring (bicyclic) bond motifs is 6. The minimum absolute atomic E-state index is 0.515. The number of rotatable bonds is 12. The summed E-state index contributed by atoms with van der Waals surface area (Å²) in [7, 11) is 0. The van der Waals surface area contributed by atoms with Gasteiger partial charge in [-0.1, -0.05) is 303 Å². The highest BCUT2D eigenvalue weighted by Crippen LogP contribution is 2.59. The molecule has 2 aliphatic rings. The van der Waals surface area contributed by atoms with Crippen LogP contribution in [0, 0.1) is 0 Å². The van der Waals surface area contributed by atoms with Gasteiger partial charge in [-0.05, 0) is 171 Å². The molecule has 0 heterocycles. The molecule has 0 saturated heterocycles. The van der Waals surface area contributed by atoms with Crippen LogP contribution in [0.4, 0.5) is 34.1 Å². The van der Waals surface area contributed by atoms with Gasteiger partial charge in [0, 0.05) is 33.5 Å².